The first-order valence-corrected chi connectivity index (χ1v) is 4.48. The van der Waals surface area contributed by atoms with Crippen molar-refractivity contribution in [1.82, 2.24) is 10.3 Å². The van der Waals surface area contributed by atoms with Gasteiger partial charge in [0, 0.05) is 11.8 Å². The summed E-state index contributed by atoms with van der Waals surface area (Å²) in [6.45, 7) is 0.929. The molecule has 1 rings (SSSR count). The number of aryl methyl sites for hydroxylation is 1. The number of nitro groups is 1. The highest BCUT2D eigenvalue weighted by molar-refractivity contribution is 5.26. The molecule has 0 radical (unpaired) electrons. The molecular formula is C9H13N3O2. The van der Waals surface area contributed by atoms with Gasteiger partial charge < -0.3 is 5.32 Å². The Balaban J connectivity index is 2.51. The third kappa shape index (κ3) is 3.10. The van der Waals surface area contributed by atoms with Crippen molar-refractivity contribution < 1.29 is 4.92 Å². The molecule has 5 nitrogen and oxygen atoms in total. The van der Waals surface area contributed by atoms with Gasteiger partial charge in [-0.15, -0.1) is 0 Å². The number of aromatic nitrogens is 1. The Labute approximate surface area is 82.3 Å². The molecule has 1 heterocycles. The topological polar surface area (TPSA) is 68.1 Å². The molecule has 0 spiro atoms. The van der Waals surface area contributed by atoms with E-state index in [-0.39, 0.29) is 5.69 Å². The van der Waals surface area contributed by atoms with Gasteiger partial charge in [-0.2, -0.15) is 0 Å². The SMILES string of the molecule is CNCCCc1ccc([N+](=O)[O-])cn1. The van der Waals surface area contributed by atoms with Crippen LogP contribution in [0.2, 0.25) is 0 Å². The van der Waals surface area contributed by atoms with Gasteiger partial charge in [-0.05, 0) is 32.5 Å². The molecule has 0 saturated carbocycles. The first-order chi connectivity index (χ1) is 6.74. The molecule has 76 valence electrons. The second-order valence-electron chi connectivity index (χ2n) is 2.97. The average molecular weight is 195 g/mol. The van der Waals surface area contributed by atoms with E-state index in [9.17, 15) is 10.1 Å². The van der Waals surface area contributed by atoms with E-state index >= 15 is 0 Å². The largest absolute Gasteiger partial charge is 0.320 e. The quantitative estimate of drug-likeness (QED) is 0.434. The summed E-state index contributed by atoms with van der Waals surface area (Å²) in [5.41, 5.74) is 0.938. The molecule has 0 aromatic carbocycles. The van der Waals surface area contributed by atoms with Crippen molar-refractivity contribution in [2.45, 2.75) is 12.8 Å². The van der Waals surface area contributed by atoms with Gasteiger partial charge in [0.05, 0.1) is 4.92 Å². The van der Waals surface area contributed by atoms with Crippen molar-refractivity contribution >= 4 is 5.69 Å². The summed E-state index contributed by atoms with van der Waals surface area (Å²) >= 11 is 0. The molecule has 0 amide bonds. The van der Waals surface area contributed by atoms with Crippen LogP contribution in [0.4, 0.5) is 5.69 Å². The zero-order valence-electron chi connectivity index (χ0n) is 8.06. The van der Waals surface area contributed by atoms with E-state index < -0.39 is 4.92 Å². The van der Waals surface area contributed by atoms with E-state index in [0.29, 0.717) is 0 Å². The van der Waals surface area contributed by atoms with Gasteiger partial charge in [-0.25, -0.2) is 0 Å². The van der Waals surface area contributed by atoms with Crippen LogP contribution in [-0.2, 0) is 6.42 Å². The molecule has 0 saturated heterocycles. The van der Waals surface area contributed by atoms with E-state index in [2.05, 4.69) is 10.3 Å². The van der Waals surface area contributed by atoms with Gasteiger partial charge in [0.1, 0.15) is 6.20 Å². The lowest BCUT2D eigenvalue weighted by Crippen LogP contribution is -2.08. The van der Waals surface area contributed by atoms with E-state index in [1.54, 1.807) is 6.07 Å². The number of hydrogen-bond acceptors (Lipinski definition) is 4. The lowest BCUT2D eigenvalue weighted by molar-refractivity contribution is -0.385. The van der Waals surface area contributed by atoms with E-state index in [1.807, 2.05) is 7.05 Å². The number of nitrogens with one attached hydrogen (secondary N) is 1. The first kappa shape index (κ1) is 10.6. The van der Waals surface area contributed by atoms with Crippen LogP contribution in [0.1, 0.15) is 12.1 Å². The van der Waals surface area contributed by atoms with Crippen LogP contribution in [-0.4, -0.2) is 23.5 Å². The number of pyridine rings is 1. The lowest BCUT2D eigenvalue weighted by Gasteiger charge is -1.99. The zero-order valence-corrected chi connectivity index (χ0v) is 8.06. The molecule has 0 atom stereocenters. The second kappa shape index (κ2) is 5.29. The molecule has 14 heavy (non-hydrogen) atoms. The predicted molar refractivity (Wildman–Crippen MR) is 53.1 cm³/mol. The fraction of sp³-hybridized carbons (Fsp3) is 0.444. The fourth-order valence-electron chi connectivity index (χ4n) is 1.12. The van der Waals surface area contributed by atoms with Crippen LogP contribution in [0.15, 0.2) is 18.3 Å². The van der Waals surface area contributed by atoms with Crippen molar-refractivity contribution in [3.8, 4) is 0 Å². The third-order valence-corrected chi connectivity index (χ3v) is 1.88. The van der Waals surface area contributed by atoms with Crippen molar-refractivity contribution in [2.24, 2.45) is 0 Å². The molecule has 1 N–H and O–H groups in total. The third-order valence-electron chi connectivity index (χ3n) is 1.88. The molecular weight excluding hydrogens is 182 g/mol. The molecule has 0 aliphatic heterocycles. The van der Waals surface area contributed by atoms with Crippen LogP contribution in [0, 0.1) is 10.1 Å². The maximum absolute atomic E-state index is 10.3. The van der Waals surface area contributed by atoms with Gasteiger partial charge >= 0.3 is 0 Å². The molecule has 0 unspecified atom stereocenters. The molecule has 0 bridgehead atoms. The maximum Gasteiger partial charge on any atom is 0.287 e. The minimum absolute atomic E-state index is 0.0439. The Hall–Kier alpha value is -1.49. The highest BCUT2D eigenvalue weighted by Gasteiger charge is 2.04. The standard InChI is InChI=1S/C9H13N3O2/c1-10-6-2-3-8-4-5-9(7-11-8)12(13)14/h4-5,7,10H,2-3,6H2,1H3. The van der Waals surface area contributed by atoms with Crippen LogP contribution in [0.25, 0.3) is 0 Å². The summed E-state index contributed by atoms with van der Waals surface area (Å²) < 4.78 is 0. The van der Waals surface area contributed by atoms with Crippen molar-refractivity contribution in [3.63, 3.8) is 0 Å². The summed E-state index contributed by atoms with van der Waals surface area (Å²) in [6.07, 6.45) is 3.13. The normalized spacial score (nSPS) is 10.1. The highest BCUT2D eigenvalue weighted by atomic mass is 16.6. The molecule has 5 heteroatoms. The smallest absolute Gasteiger partial charge is 0.287 e. The Morgan fingerprint density at radius 3 is 2.86 bits per heavy atom. The Bertz CT molecular complexity index is 297. The number of hydrogen-bond donors (Lipinski definition) is 1. The zero-order chi connectivity index (χ0) is 10.4. The molecule has 1 aromatic rings. The monoisotopic (exact) mass is 195 g/mol. The minimum Gasteiger partial charge on any atom is -0.320 e. The number of rotatable bonds is 5. The van der Waals surface area contributed by atoms with Crippen LogP contribution in [0.5, 0.6) is 0 Å². The van der Waals surface area contributed by atoms with E-state index in [4.69, 9.17) is 0 Å². The van der Waals surface area contributed by atoms with E-state index in [1.165, 1.54) is 12.3 Å². The summed E-state index contributed by atoms with van der Waals surface area (Å²) in [5, 5.41) is 13.4. The highest BCUT2D eigenvalue weighted by Crippen LogP contribution is 2.09. The predicted octanol–water partition coefficient (Wildman–Crippen LogP) is 1.14. The average Bonchev–Trinajstić information content (AvgIpc) is 2.19. The lowest BCUT2D eigenvalue weighted by atomic mass is 10.2. The van der Waals surface area contributed by atoms with Gasteiger partial charge in [0.2, 0.25) is 0 Å². The Kier molecular flexibility index (Phi) is 4.00. The second-order valence-corrected chi connectivity index (χ2v) is 2.97. The van der Waals surface area contributed by atoms with Gasteiger partial charge in [0.25, 0.3) is 5.69 Å². The summed E-state index contributed by atoms with van der Waals surface area (Å²) in [6, 6.07) is 3.19. The Morgan fingerprint density at radius 2 is 2.36 bits per heavy atom. The molecule has 1 aromatic heterocycles. The minimum atomic E-state index is -0.440. The maximum atomic E-state index is 10.3. The van der Waals surface area contributed by atoms with Gasteiger partial charge in [-0.3, -0.25) is 15.1 Å². The summed E-state index contributed by atoms with van der Waals surface area (Å²) in [5.74, 6) is 0. The van der Waals surface area contributed by atoms with Gasteiger partial charge in [0.15, 0.2) is 0 Å². The van der Waals surface area contributed by atoms with Gasteiger partial charge in [-0.1, -0.05) is 0 Å². The van der Waals surface area contributed by atoms with Crippen LogP contribution >= 0.6 is 0 Å². The molecule has 0 aliphatic rings. The van der Waals surface area contributed by atoms with Crippen molar-refractivity contribution in [2.75, 3.05) is 13.6 Å². The Morgan fingerprint density at radius 1 is 1.57 bits per heavy atom. The fourth-order valence-corrected chi connectivity index (χ4v) is 1.12. The van der Waals surface area contributed by atoms with E-state index in [0.717, 1.165) is 25.1 Å². The molecule has 0 fully saturated rings. The summed E-state index contributed by atoms with van der Waals surface area (Å²) in [7, 11) is 1.89. The van der Waals surface area contributed by atoms with Crippen LogP contribution in [0.3, 0.4) is 0 Å². The van der Waals surface area contributed by atoms with Crippen molar-refractivity contribution in [1.29, 1.82) is 0 Å². The van der Waals surface area contributed by atoms with Crippen molar-refractivity contribution in [3.05, 3.63) is 34.1 Å². The number of nitrogens with zero attached hydrogens (tertiary/aromatic N) is 2. The summed E-state index contributed by atoms with van der Waals surface area (Å²) in [4.78, 5) is 13.9. The first-order valence-electron chi connectivity index (χ1n) is 4.48. The van der Waals surface area contributed by atoms with Crippen LogP contribution < -0.4 is 5.32 Å². The molecule has 0 aliphatic carbocycles.